The summed E-state index contributed by atoms with van der Waals surface area (Å²) in [5.41, 5.74) is 0.809. The standard InChI is InChI=1S/C14H21N3O3S/c1-10(17(2)9-14(18)16-12-6-7-12)11-4-3-5-13(8-11)21(15,19)20/h3-5,8,10,12H,6-7,9H2,1-2H3,(H,16,18)(H2,15,19,20). The third kappa shape index (κ3) is 4.52. The van der Waals surface area contributed by atoms with Crippen LogP contribution in [0.15, 0.2) is 29.2 Å². The highest BCUT2D eigenvalue weighted by atomic mass is 32.2. The topological polar surface area (TPSA) is 92.5 Å². The lowest BCUT2D eigenvalue weighted by Crippen LogP contribution is -2.37. The number of carbonyl (C=O) groups excluding carboxylic acids is 1. The number of nitrogens with zero attached hydrogens (tertiary/aromatic N) is 1. The van der Waals surface area contributed by atoms with Gasteiger partial charge in [-0.3, -0.25) is 9.69 Å². The fraction of sp³-hybridized carbons (Fsp3) is 0.500. The summed E-state index contributed by atoms with van der Waals surface area (Å²) in [6.07, 6.45) is 2.11. The maximum atomic E-state index is 11.8. The molecule has 1 atom stereocenters. The quantitative estimate of drug-likeness (QED) is 0.805. The first-order chi connectivity index (χ1) is 9.77. The molecule has 0 aliphatic heterocycles. The molecule has 1 aromatic rings. The minimum Gasteiger partial charge on any atom is -0.352 e. The van der Waals surface area contributed by atoms with Gasteiger partial charge in [0.05, 0.1) is 11.4 Å². The Hall–Kier alpha value is -1.44. The van der Waals surface area contributed by atoms with E-state index in [0.29, 0.717) is 6.04 Å². The van der Waals surface area contributed by atoms with Gasteiger partial charge in [-0.05, 0) is 44.5 Å². The molecule has 0 saturated heterocycles. The van der Waals surface area contributed by atoms with Crippen LogP contribution in [0.2, 0.25) is 0 Å². The van der Waals surface area contributed by atoms with Gasteiger partial charge in [-0.15, -0.1) is 0 Å². The molecule has 1 amide bonds. The SMILES string of the molecule is CC(c1cccc(S(N)(=O)=O)c1)N(C)CC(=O)NC1CC1. The molecule has 0 bridgehead atoms. The van der Waals surface area contributed by atoms with Gasteiger partial charge in [0, 0.05) is 12.1 Å². The van der Waals surface area contributed by atoms with E-state index in [2.05, 4.69) is 5.32 Å². The fourth-order valence-electron chi connectivity index (χ4n) is 2.07. The lowest BCUT2D eigenvalue weighted by molar-refractivity contribution is -0.122. The van der Waals surface area contributed by atoms with Crippen LogP contribution in [0.25, 0.3) is 0 Å². The highest BCUT2D eigenvalue weighted by molar-refractivity contribution is 7.89. The first-order valence-corrected chi connectivity index (χ1v) is 8.44. The van der Waals surface area contributed by atoms with Crippen LogP contribution in [-0.4, -0.2) is 38.9 Å². The number of hydrogen-bond donors (Lipinski definition) is 2. The van der Waals surface area contributed by atoms with Gasteiger partial charge >= 0.3 is 0 Å². The van der Waals surface area contributed by atoms with Crippen molar-refractivity contribution in [3.8, 4) is 0 Å². The van der Waals surface area contributed by atoms with Crippen molar-refractivity contribution in [2.45, 2.75) is 36.7 Å². The number of primary sulfonamides is 1. The minimum absolute atomic E-state index is 0.00514. The van der Waals surface area contributed by atoms with E-state index in [1.165, 1.54) is 6.07 Å². The third-order valence-electron chi connectivity index (χ3n) is 3.67. The minimum atomic E-state index is -3.71. The van der Waals surface area contributed by atoms with Crippen molar-refractivity contribution in [2.24, 2.45) is 5.14 Å². The van der Waals surface area contributed by atoms with E-state index in [4.69, 9.17) is 5.14 Å². The Morgan fingerprint density at radius 2 is 2.14 bits per heavy atom. The number of nitrogens with one attached hydrogen (secondary N) is 1. The summed E-state index contributed by atoms with van der Waals surface area (Å²) in [5.74, 6) is -0.00514. The highest BCUT2D eigenvalue weighted by Gasteiger charge is 2.24. The highest BCUT2D eigenvalue weighted by Crippen LogP contribution is 2.22. The molecule has 1 aliphatic rings. The second-order valence-corrected chi connectivity index (χ2v) is 7.11. The summed E-state index contributed by atoms with van der Waals surface area (Å²) in [6, 6.07) is 6.75. The molecular formula is C14H21N3O3S. The fourth-order valence-corrected chi connectivity index (χ4v) is 2.64. The second-order valence-electron chi connectivity index (χ2n) is 5.55. The van der Waals surface area contributed by atoms with Crippen molar-refractivity contribution in [3.63, 3.8) is 0 Å². The zero-order valence-corrected chi connectivity index (χ0v) is 13.1. The number of nitrogens with two attached hydrogens (primary N) is 1. The monoisotopic (exact) mass is 311 g/mol. The number of sulfonamides is 1. The van der Waals surface area contributed by atoms with Gasteiger partial charge in [0.2, 0.25) is 15.9 Å². The summed E-state index contributed by atoms with van der Waals surface area (Å²) in [5, 5.41) is 8.07. The zero-order chi connectivity index (χ0) is 15.6. The molecule has 1 aromatic carbocycles. The van der Waals surface area contributed by atoms with Gasteiger partial charge in [-0.2, -0.15) is 0 Å². The largest absolute Gasteiger partial charge is 0.352 e. The van der Waals surface area contributed by atoms with Gasteiger partial charge < -0.3 is 5.32 Å². The second kappa shape index (κ2) is 6.13. The molecule has 3 N–H and O–H groups in total. The Labute approximate surface area is 125 Å². The van der Waals surface area contributed by atoms with E-state index in [-0.39, 0.29) is 23.4 Å². The number of likely N-dealkylation sites (N-methyl/N-ethyl adjacent to an activating group) is 1. The van der Waals surface area contributed by atoms with Gasteiger partial charge in [-0.25, -0.2) is 13.6 Å². The lowest BCUT2D eigenvalue weighted by atomic mass is 10.1. The lowest BCUT2D eigenvalue weighted by Gasteiger charge is -2.24. The van der Waals surface area contributed by atoms with Gasteiger partial charge in [-0.1, -0.05) is 12.1 Å². The van der Waals surface area contributed by atoms with Crippen LogP contribution in [0, 0.1) is 0 Å². The molecule has 1 saturated carbocycles. The average Bonchev–Trinajstić information content (AvgIpc) is 3.20. The number of benzene rings is 1. The average molecular weight is 311 g/mol. The normalized spacial score (nSPS) is 16.8. The number of carbonyl (C=O) groups is 1. The van der Waals surface area contributed by atoms with Crippen LogP contribution in [0.5, 0.6) is 0 Å². The number of hydrogen-bond acceptors (Lipinski definition) is 4. The van der Waals surface area contributed by atoms with E-state index in [9.17, 15) is 13.2 Å². The molecule has 116 valence electrons. The molecule has 1 unspecified atom stereocenters. The predicted molar refractivity (Wildman–Crippen MR) is 80.0 cm³/mol. The maximum absolute atomic E-state index is 11.8. The molecule has 0 aromatic heterocycles. The molecule has 21 heavy (non-hydrogen) atoms. The van der Waals surface area contributed by atoms with Crippen LogP contribution in [0.1, 0.15) is 31.4 Å². The van der Waals surface area contributed by atoms with E-state index < -0.39 is 10.0 Å². The summed E-state index contributed by atoms with van der Waals surface area (Å²) < 4.78 is 22.8. The Morgan fingerprint density at radius 3 is 2.71 bits per heavy atom. The van der Waals surface area contributed by atoms with Crippen molar-refractivity contribution in [1.82, 2.24) is 10.2 Å². The molecule has 2 rings (SSSR count). The molecule has 0 heterocycles. The predicted octanol–water partition coefficient (Wildman–Crippen LogP) is 0.605. The Bertz CT molecular complexity index is 626. The van der Waals surface area contributed by atoms with Gasteiger partial charge in [0.1, 0.15) is 0 Å². The molecule has 6 nitrogen and oxygen atoms in total. The van der Waals surface area contributed by atoms with Crippen LogP contribution in [-0.2, 0) is 14.8 Å². The summed E-state index contributed by atoms with van der Waals surface area (Å²) in [7, 11) is -1.88. The van der Waals surface area contributed by atoms with Gasteiger partial charge in [0.25, 0.3) is 0 Å². The van der Waals surface area contributed by atoms with Crippen LogP contribution >= 0.6 is 0 Å². The van der Waals surface area contributed by atoms with Crippen LogP contribution < -0.4 is 10.5 Å². The Morgan fingerprint density at radius 1 is 1.48 bits per heavy atom. The van der Waals surface area contributed by atoms with Gasteiger partial charge in [0.15, 0.2) is 0 Å². The number of amides is 1. The maximum Gasteiger partial charge on any atom is 0.238 e. The molecule has 1 aliphatic carbocycles. The molecular weight excluding hydrogens is 290 g/mol. The molecule has 0 radical (unpaired) electrons. The van der Waals surface area contributed by atoms with Crippen molar-refractivity contribution in [3.05, 3.63) is 29.8 Å². The first kappa shape index (κ1) is 15.9. The van der Waals surface area contributed by atoms with E-state index >= 15 is 0 Å². The first-order valence-electron chi connectivity index (χ1n) is 6.90. The van der Waals surface area contributed by atoms with E-state index in [0.717, 1.165) is 18.4 Å². The molecule has 1 fully saturated rings. The summed E-state index contributed by atoms with van der Waals surface area (Å²) in [4.78, 5) is 13.8. The Balaban J connectivity index is 2.04. The van der Waals surface area contributed by atoms with Crippen LogP contribution in [0.4, 0.5) is 0 Å². The molecule has 7 heteroatoms. The third-order valence-corrected chi connectivity index (χ3v) is 4.58. The van der Waals surface area contributed by atoms with Crippen molar-refractivity contribution in [2.75, 3.05) is 13.6 Å². The smallest absolute Gasteiger partial charge is 0.238 e. The zero-order valence-electron chi connectivity index (χ0n) is 12.2. The van der Waals surface area contributed by atoms with Crippen molar-refractivity contribution in [1.29, 1.82) is 0 Å². The summed E-state index contributed by atoms with van der Waals surface area (Å²) >= 11 is 0. The van der Waals surface area contributed by atoms with Crippen LogP contribution in [0.3, 0.4) is 0 Å². The Kier molecular flexibility index (Phi) is 4.65. The number of rotatable bonds is 6. The van der Waals surface area contributed by atoms with Crippen molar-refractivity contribution >= 4 is 15.9 Å². The summed E-state index contributed by atoms with van der Waals surface area (Å²) in [6.45, 7) is 2.20. The molecule has 0 spiro atoms. The van der Waals surface area contributed by atoms with Crippen molar-refractivity contribution < 1.29 is 13.2 Å². The van der Waals surface area contributed by atoms with E-state index in [1.807, 2.05) is 24.9 Å². The van der Waals surface area contributed by atoms with E-state index in [1.54, 1.807) is 12.1 Å².